The van der Waals surface area contributed by atoms with Crippen LogP contribution in [-0.2, 0) is 17.7 Å². The minimum absolute atomic E-state index is 0.00425. The molecule has 0 saturated heterocycles. The molecule has 130 valence electrons. The predicted molar refractivity (Wildman–Crippen MR) is 89.6 cm³/mol. The number of rotatable bonds is 9. The number of aromatic nitrogens is 2. The molecule has 1 aromatic heterocycles. The number of carbonyl (C=O) groups is 1. The van der Waals surface area contributed by atoms with E-state index in [9.17, 15) is 4.79 Å². The highest BCUT2D eigenvalue weighted by Gasteiger charge is 2.25. The Morgan fingerprint density at radius 2 is 2.04 bits per heavy atom. The van der Waals surface area contributed by atoms with Gasteiger partial charge in [-0.2, -0.15) is 5.10 Å². The largest absolute Gasteiger partial charge is 0.383 e. The average Bonchev–Trinajstić information content (AvgIpc) is 3.01. The number of hydrogen-bond acceptors (Lipinski definition) is 5. The topological polar surface area (TPSA) is 73.5 Å². The lowest BCUT2D eigenvalue weighted by Crippen LogP contribution is -2.41. The van der Waals surface area contributed by atoms with Crippen molar-refractivity contribution in [3.05, 3.63) is 17.0 Å². The minimum Gasteiger partial charge on any atom is -0.383 e. The van der Waals surface area contributed by atoms with E-state index in [1.165, 1.54) is 0 Å². The Bertz CT molecular complexity index is 499. The fourth-order valence-corrected chi connectivity index (χ4v) is 2.87. The van der Waals surface area contributed by atoms with E-state index in [0.29, 0.717) is 31.9 Å². The van der Waals surface area contributed by atoms with E-state index < -0.39 is 0 Å². The second-order valence-corrected chi connectivity index (χ2v) is 5.77. The second-order valence-electron chi connectivity index (χ2n) is 5.77. The third-order valence-electron chi connectivity index (χ3n) is 4.44. The van der Waals surface area contributed by atoms with Gasteiger partial charge in [0.05, 0.1) is 6.61 Å². The summed E-state index contributed by atoms with van der Waals surface area (Å²) in [7, 11) is 1.66. The predicted octanol–water partition coefficient (Wildman–Crippen LogP) is 0.486. The molecule has 1 aliphatic heterocycles. The van der Waals surface area contributed by atoms with E-state index >= 15 is 0 Å². The number of likely N-dealkylation sites (N-methyl/N-ethyl adjacent to an activating group) is 1. The first kappa shape index (κ1) is 17.9. The van der Waals surface area contributed by atoms with E-state index in [4.69, 9.17) is 4.74 Å². The van der Waals surface area contributed by atoms with Crippen molar-refractivity contribution in [2.24, 2.45) is 0 Å². The standard InChI is InChI=1S/C16H29N5O2/c1-4-20(5-2)8-9-21(10-11-23-3)16(22)15-13-12-17-7-6-14(13)18-19-15/h17H,4-12H2,1-3H3,(H,18,19). The van der Waals surface area contributed by atoms with Crippen molar-refractivity contribution in [3.8, 4) is 0 Å². The highest BCUT2D eigenvalue weighted by Crippen LogP contribution is 2.17. The van der Waals surface area contributed by atoms with E-state index in [1.807, 2.05) is 4.90 Å². The number of amides is 1. The Kier molecular flexibility index (Phi) is 7.01. The Morgan fingerprint density at radius 3 is 2.74 bits per heavy atom. The van der Waals surface area contributed by atoms with Crippen molar-refractivity contribution >= 4 is 5.91 Å². The molecule has 23 heavy (non-hydrogen) atoms. The van der Waals surface area contributed by atoms with Gasteiger partial charge in [0.2, 0.25) is 0 Å². The molecule has 2 heterocycles. The van der Waals surface area contributed by atoms with Crippen LogP contribution in [0.2, 0.25) is 0 Å². The highest BCUT2D eigenvalue weighted by molar-refractivity contribution is 5.94. The number of methoxy groups -OCH3 is 1. The molecule has 0 aromatic carbocycles. The van der Waals surface area contributed by atoms with Crippen LogP contribution < -0.4 is 5.32 Å². The van der Waals surface area contributed by atoms with Gasteiger partial charge in [0.25, 0.3) is 5.91 Å². The number of carbonyl (C=O) groups excluding carboxylic acids is 1. The molecular weight excluding hydrogens is 294 g/mol. The van der Waals surface area contributed by atoms with Crippen molar-refractivity contribution in [1.29, 1.82) is 0 Å². The number of H-pyrrole nitrogens is 1. The van der Waals surface area contributed by atoms with E-state index in [0.717, 1.165) is 43.9 Å². The Hall–Kier alpha value is -1.44. The zero-order chi connectivity index (χ0) is 16.7. The second kappa shape index (κ2) is 9.00. The lowest BCUT2D eigenvalue weighted by atomic mass is 10.1. The smallest absolute Gasteiger partial charge is 0.274 e. The molecule has 0 radical (unpaired) electrons. The molecule has 1 amide bonds. The van der Waals surface area contributed by atoms with Gasteiger partial charge in [-0.3, -0.25) is 9.89 Å². The first-order chi connectivity index (χ1) is 11.2. The van der Waals surface area contributed by atoms with Crippen LogP contribution in [-0.4, -0.2) is 78.9 Å². The molecule has 7 nitrogen and oxygen atoms in total. The van der Waals surface area contributed by atoms with Gasteiger partial charge < -0.3 is 19.9 Å². The average molecular weight is 323 g/mol. The summed E-state index contributed by atoms with van der Waals surface area (Å²) in [6.45, 7) is 10.6. The number of hydrogen-bond donors (Lipinski definition) is 2. The van der Waals surface area contributed by atoms with E-state index in [-0.39, 0.29) is 5.91 Å². The van der Waals surface area contributed by atoms with Gasteiger partial charge in [0.1, 0.15) is 0 Å². The van der Waals surface area contributed by atoms with Crippen LogP contribution in [0.5, 0.6) is 0 Å². The van der Waals surface area contributed by atoms with E-state index in [1.54, 1.807) is 7.11 Å². The summed E-state index contributed by atoms with van der Waals surface area (Å²) in [5.41, 5.74) is 2.66. The maximum atomic E-state index is 12.9. The monoisotopic (exact) mass is 323 g/mol. The number of nitrogens with one attached hydrogen (secondary N) is 2. The SMILES string of the molecule is CCN(CC)CCN(CCOC)C(=O)c1n[nH]c2c1CNCC2. The first-order valence-electron chi connectivity index (χ1n) is 8.48. The van der Waals surface area contributed by atoms with Gasteiger partial charge >= 0.3 is 0 Å². The molecular formula is C16H29N5O2. The Balaban J connectivity index is 2.07. The third-order valence-corrected chi connectivity index (χ3v) is 4.44. The quantitative estimate of drug-likeness (QED) is 0.692. The fraction of sp³-hybridized carbons (Fsp3) is 0.750. The normalized spacial score (nSPS) is 14.1. The van der Waals surface area contributed by atoms with Crippen molar-refractivity contribution in [2.75, 3.05) is 53.0 Å². The summed E-state index contributed by atoms with van der Waals surface area (Å²) >= 11 is 0. The zero-order valence-corrected chi connectivity index (χ0v) is 14.5. The van der Waals surface area contributed by atoms with Crippen molar-refractivity contribution < 1.29 is 9.53 Å². The molecule has 1 aromatic rings. The Labute approximate surface area is 138 Å². The third kappa shape index (κ3) is 4.53. The lowest BCUT2D eigenvalue weighted by Gasteiger charge is -2.26. The fourth-order valence-electron chi connectivity index (χ4n) is 2.87. The van der Waals surface area contributed by atoms with Crippen LogP contribution in [0.1, 0.15) is 35.6 Å². The molecule has 0 unspecified atom stereocenters. The molecule has 0 aliphatic carbocycles. The molecule has 0 bridgehead atoms. The van der Waals surface area contributed by atoms with Crippen LogP contribution in [0.25, 0.3) is 0 Å². The Morgan fingerprint density at radius 1 is 1.26 bits per heavy atom. The van der Waals surface area contributed by atoms with Crippen molar-refractivity contribution in [3.63, 3.8) is 0 Å². The maximum Gasteiger partial charge on any atom is 0.274 e. The summed E-state index contributed by atoms with van der Waals surface area (Å²) in [5.74, 6) is -0.00425. The summed E-state index contributed by atoms with van der Waals surface area (Å²) in [4.78, 5) is 17.1. The minimum atomic E-state index is -0.00425. The first-order valence-corrected chi connectivity index (χ1v) is 8.48. The molecule has 0 saturated carbocycles. The zero-order valence-electron chi connectivity index (χ0n) is 14.5. The van der Waals surface area contributed by atoms with E-state index in [2.05, 4.69) is 34.3 Å². The van der Waals surface area contributed by atoms with Crippen LogP contribution in [0, 0.1) is 0 Å². The van der Waals surface area contributed by atoms with Gasteiger partial charge in [0, 0.05) is 57.5 Å². The number of ether oxygens (including phenoxy) is 1. The van der Waals surface area contributed by atoms with Crippen LogP contribution in [0.3, 0.4) is 0 Å². The van der Waals surface area contributed by atoms with Crippen LogP contribution in [0.4, 0.5) is 0 Å². The summed E-state index contributed by atoms with van der Waals surface area (Å²) in [6.07, 6.45) is 0.896. The lowest BCUT2D eigenvalue weighted by molar-refractivity contribution is 0.0667. The van der Waals surface area contributed by atoms with Crippen molar-refractivity contribution in [2.45, 2.75) is 26.8 Å². The van der Waals surface area contributed by atoms with Gasteiger partial charge in [0.15, 0.2) is 5.69 Å². The molecule has 2 rings (SSSR count). The van der Waals surface area contributed by atoms with Gasteiger partial charge in [-0.15, -0.1) is 0 Å². The van der Waals surface area contributed by atoms with Crippen LogP contribution in [0.15, 0.2) is 0 Å². The summed E-state index contributed by atoms with van der Waals surface area (Å²) in [5, 5.41) is 10.6. The van der Waals surface area contributed by atoms with Gasteiger partial charge in [-0.05, 0) is 13.1 Å². The highest BCUT2D eigenvalue weighted by atomic mass is 16.5. The number of nitrogens with zero attached hydrogens (tertiary/aromatic N) is 3. The molecule has 1 aliphatic rings. The molecule has 0 fully saturated rings. The van der Waals surface area contributed by atoms with Crippen molar-refractivity contribution in [1.82, 2.24) is 25.3 Å². The van der Waals surface area contributed by atoms with Gasteiger partial charge in [-0.1, -0.05) is 13.8 Å². The molecule has 0 atom stereocenters. The molecule has 2 N–H and O–H groups in total. The summed E-state index contributed by atoms with van der Waals surface area (Å²) < 4.78 is 5.16. The summed E-state index contributed by atoms with van der Waals surface area (Å²) in [6, 6.07) is 0. The maximum absolute atomic E-state index is 12.9. The van der Waals surface area contributed by atoms with Gasteiger partial charge in [-0.25, -0.2) is 0 Å². The number of fused-ring (bicyclic) bond motifs is 1. The molecule has 0 spiro atoms. The molecule has 7 heteroatoms. The number of aromatic amines is 1. The van der Waals surface area contributed by atoms with Crippen LogP contribution >= 0.6 is 0 Å².